The molecule has 1 heterocycles. The first kappa shape index (κ1) is 19.3. The fraction of sp³-hybridized carbons (Fsp3) is 0.214. The van der Waals surface area contributed by atoms with Gasteiger partial charge in [-0.2, -0.15) is 26.3 Å². The highest BCUT2D eigenvalue weighted by atomic mass is 19.4. The van der Waals surface area contributed by atoms with Gasteiger partial charge in [0, 0.05) is 5.39 Å². The second-order valence-corrected chi connectivity index (χ2v) is 4.89. The van der Waals surface area contributed by atoms with Gasteiger partial charge in [-0.1, -0.05) is 0 Å². The van der Waals surface area contributed by atoms with E-state index in [0.29, 0.717) is 0 Å². The lowest BCUT2D eigenvalue weighted by atomic mass is 10.1. The number of halogens is 6. The molecule has 12 heteroatoms. The van der Waals surface area contributed by atoms with Crippen LogP contribution in [0.25, 0.3) is 11.0 Å². The monoisotopic (exact) mass is 384 g/mol. The molecule has 0 saturated heterocycles. The van der Waals surface area contributed by atoms with Crippen molar-refractivity contribution in [3.8, 4) is 5.75 Å². The van der Waals surface area contributed by atoms with Gasteiger partial charge in [-0.15, -0.1) is 0 Å². The molecule has 0 amide bonds. The third kappa shape index (κ3) is 3.95. The maximum atomic E-state index is 12.5. The van der Waals surface area contributed by atoms with E-state index in [9.17, 15) is 40.7 Å². The van der Waals surface area contributed by atoms with Crippen LogP contribution < -0.4 is 10.4 Å². The lowest BCUT2D eigenvalue weighted by Gasteiger charge is -2.21. The molecule has 0 saturated carbocycles. The Morgan fingerprint density at radius 1 is 1.04 bits per heavy atom. The summed E-state index contributed by atoms with van der Waals surface area (Å²) in [5, 5.41) is 8.60. The maximum Gasteiger partial charge on any atom is 0.411 e. The number of aromatic carboxylic acids is 1. The Morgan fingerprint density at radius 2 is 1.62 bits per heavy atom. The van der Waals surface area contributed by atoms with Gasteiger partial charge in [-0.3, -0.25) is 4.79 Å². The van der Waals surface area contributed by atoms with Gasteiger partial charge in [0.05, 0.1) is 0 Å². The number of esters is 1. The highest BCUT2D eigenvalue weighted by molar-refractivity contribution is 5.92. The molecule has 140 valence electrons. The first-order chi connectivity index (χ1) is 11.8. The molecule has 26 heavy (non-hydrogen) atoms. The molecule has 6 nitrogen and oxygen atoms in total. The summed E-state index contributed by atoms with van der Waals surface area (Å²) in [4.78, 5) is 33.5. The summed E-state index contributed by atoms with van der Waals surface area (Å²) in [6.07, 6.45) is -11.8. The minimum atomic E-state index is -5.92. The van der Waals surface area contributed by atoms with Gasteiger partial charge in [0.25, 0.3) is 0 Å². The Balaban J connectivity index is 2.41. The SMILES string of the molecule is O=C(O)c1cc2cc(OC(=O)C(C(F)(F)F)C(F)(F)F)ccc2oc1=O. The average molecular weight is 384 g/mol. The van der Waals surface area contributed by atoms with Gasteiger partial charge in [0.15, 0.2) is 0 Å². The second-order valence-electron chi connectivity index (χ2n) is 4.89. The molecule has 2 rings (SSSR count). The summed E-state index contributed by atoms with van der Waals surface area (Å²) in [5.41, 5.74) is -2.27. The molecule has 0 aliphatic heterocycles. The predicted octanol–water partition coefficient (Wildman–Crippen LogP) is 3.14. The summed E-state index contributed by atoms with van der Waals surface area (Å²) >= 11 is 0. The van der Waals surface area contributed by atoms with Crippen LogP contribution >= 0.6 is 0 Å². The highest BCUT2D eigenvalue weighted by Crippen LogP contribution is 2.40. The largest absolute Gasteiger partial charge is 0.477 e. The van der Waals surface area contributed by atoms with Gasteiger partial charge in [0.1, 0.15) is 16.9 Å². The van der Waals surface area contributed by atoms with Crippen molar-refractivity contribution in [1.29, 1.82) is 0 Å². The van der Waals surface area contributed by atoms with E-state index in [1.807, 2.05) is 0 Å². The van der Waals surface area contributed by atoms with Crippen molar-refractivity contribution >= 4 is 22.9 Å². The zero-order valence-electron chi connectivity index (χ0n) is 12.1. The lowest BCUT2D eigenvalue weighted by molar-refractivity contribution is -0.279. The van der Waals surface area contributed by atoms with Crippen LogP contribution in [0.5, 0.6) is 5.75 Å². The molecule has 0 radical (unpaired) electrons. The third-order valence-corrected chi connectivity index (χ3v) is 3.04. The van der Waals surface area contributed by atoms with Crippen LogP contribution in [-0.2, 0) is 4.79 Å². The summed E-state index contributed by atoms with van der Waals surface area (Å²) in [6.45, 7) is 0. The number of hydrogen-bond acceptors (Lipinski definition) is 5. The molecule has 0 spiro atoms. The van der Waals surface area contributed by atoms with E-state index in [4.69, 9.17) is 5.11 Å². The zero-order valence-corrected chi connectivity index (χ0v) is 12.1. The van der Waals surface area contributed by atoms with E-state index in [0.717, 1.165) is 24.3 Å². The first-order valence-electron chi connectivity index (χ1n) is 6.47. The van der Waals surface area contributed by atoms with E-state index in [-0.39, 0.29) is 11.0 Å². The Labute approximate surface area is 138 Å². The first-order valence-corrected chi connectivity index (χ1v) is 6.47. The second kappa shape index (κ2) is 6.35. The molecule has 1 aromatic carbocycles. The number of hydrogen-bond donors (Lipinski definition) is 1. The number of carboxylic acids is 1. The van der Waals surface area contributed by atoms with Crippen LogP contribution in [0.4, 0.5) is 26.3 Å². The van der Waals surface area contributed by atoms with Crippen molar-refractivity contribution in [1.82, 2.24) is 0 Å². The molecule has 0 bridgehead atoms. The number of carbonyl (C=O) groups excluding carboxylic acids is 1. The van der Waals surface area contributed by atoms with Gasteiger partial charge >= 0.3 is 29.9 Å². The number of fused-ring (bicyclic) bond motifs is 1. The van der Waals surface area contributed by atoms with Crippen LogP contribution in [0, 0.1) is 5.92 Å². The molecular formula is C14H6F6O6. The number of carbonyl (C=O) groups is 2. The summed E-state index contributed by atoms with van der Waals surface area (Å²) in [6, 6.07) is 3.23. The Hall–Kier alpha value is -3.05. The van der Waals surface area contributed by atoms with Crippen LogP contribution in [-0.4, -0.2) is 29.4 Å². The predicted molar refractivity (Wildman–Crippen MR) is 70.7 cm³/mol. The number of rotatable bonds is 3. The highest BCUT2D eigenvalue weighted by Gasteiger charge is 2.62. The molecule has 2 aromatic rings. The smallest absolute Gasteiger partial charge is 0.411 e. The molecular weight excluding hydrogens is 378 g/mol. The maximum absolute atomic E-state index is 12.5. The topological polar surface area (TPSA) is 93.8 Å². The Morgan fingerprint density at radius 3 is 2.12 bits per heavy atom. The molecule has 0 atom stereocenters. The fourth-order valence-electron chi connectivity index (χ4n) is 1.94. The zero-order chi connectivity index (χ0) is 19.9. The average Bonchev–Trinajstić information content (AvgIpc) is 2.43. The molecule has 0 aliphatic rings. The van der Waals surface area contributed by atoms with Crippen molar-refractivity contribution in [2.45, 2.75) is 12.4 Å². The van der Waals surface area contributed by atoms with Gasteiger partial charge < -0.3 is 14.3 Å². The summed E-state index contributed by atoms with van der Waals surface area (Å²) in [5.74, 6) is -9.36. The van der Waals surface area contributed by atoms with Crippen LogP contribution in [0.3, 0.4) is 0 Å². The summed E-state index contributed by atoms with van der Waals surface area (Å²) in [7, 11) is 0. The minimum absolute atomic E-state index is 0.192. The van der Waals surface area contributed by atoms with Crippen LogP contribution in [0.2, 0.25) is 0 Å². The molecule has 0 unspecified atom stereocenters. The van der Waals surface area contributed by atoms with Crippen LogP contribution in [0.15, 0.2) is 33.5 Å². The number of carboxylic acid groups (broad SMARTS) is 1. The van der Waals surface area contributed by atoms with Gasteiger partial charge in [-0.25, -0.2) is 9.59 Å². The lowest BCUT2D eigenvalue weighted by Crippen LogP contribution is -2.44. The minimum Gasteiger partial charge on any atom is -0.477 e. The molecule has 0 aliphatic carbocycles. The third-order valence-electron chi connectivity index (χ3n) is 3.04. The van der Waals surface area contributed by atoms with Crippen LogP contribution in [0.1, 0.15) is 10.4 Å². The van der Waals surface area contributed by atoms with Gasteiger partial charge in [0.2, 0.25) is 5.92 Å². The molecule has 0 fully saturated rings. The standard InChI is InChI=1S/C14H6F6O6/c15-13(16,17)9(14(18,19)20)12(24)25-6-1-2-8-5(3-6)4-7(10(21)22)11(23)26-8/h1-4,9H,(H,21,22). The van der Waals surface area contributed by atoms with Crippen molar-refractivity contribution < 1.29 is 50.2 Å². The van der Waals surface area contributed by atoms with Crippen molar-refractivity contribution in [2.75, 3.05) is 0 Å². The molecule has 1 N–H and O–H groups in total. The van der Waals surface area contributed by atoms with E-state index < -0.39 is 47.1 Å². The number of benzene rings is 1. The Kier molecular flexibility index (Phi) is 4.71. The van der Waals surface area contributed by atoms with E-state index in [2.05, 4.69) is 9.15 Å². The normalized spacial score (nSPS) is 12.4. The van der Waals surface area contributed by atoms with Crippen molar-refractivity contribution in [2.24, 2.45) is 5.92 Å². The number of alkyl halides is 6. The van der Waals surface area contributed by atoms with Gasteiger partial charge in [-0.05, 0) is 24.3 Å². The van der Waals surface area contributed by atoms with E-state index in [1.165, 1.54) is 0 Å². The number of ether oxygens (including phenoxy) is 1. The van der Waals surface area contributed by atoms with Crippen molar-refractivity contribution in [3.05, 3.63) is 40.2 Å². The summed E-state index contributed by atoms with van der Waals surface area (Å²) < 4.78 is 83.6. The Bertz CT molecular complexity index is 912. The fourth-order valence-corrected chi connectivity index (χ4v) is 1.94. The van der Waals surface area contributed by atoms with E-state index >= 15 is 0 Å². The molecule has 1 aromatic heterocycles. The van der Waals surface area contributed by atoms with E-state index in [1.54, 1.807) is 0 Å². The van der Waals surface area contributed by atoms with Crippen molar-refractivity contribution in [3.63, 3.8) is 0 Å². The quantitative estimate of drug-likeness (QED) is 0.378.